The summed E-state index contributed by atoms with van der Waals surface area (Å²) < 4.78 is 18.2. The maximum atomic E-state index is 13.8. The number of aromatic nitrogens is 2. The number of allylic oxidation sites excluding steroid dienone is 2. The molecule has 0 amide bonds. The predicted molar refractivity (Wildman–Crippen MR) is 133 cm³/mol. The lowest BCUT2D eigenvalue weighted by Crippen LogP contribution is -2.35. The van der Waals surface area contributed by atoms with E-state index in [9.17, 15) is 9.59 Å². The zero-order chi connectivity index (χ0) is 24.9. The zero-order valence-corrected chi connectivity index (χ0v) is 20.5. The van der Waals surface area contributed by atoms with Gasteiger partial charge >= 0.3 is 0 Å². The first-order valence-corrected chi connectivity index (χ1v) is 11.5. The van der Waals surface area contributed by atoms with Crippen LogP contribution in [0.4, 0.5) is 5.82 Å². The average molecular weight is 476 g/mol. The third kappa shape index (κ3) is 3.69. The summed E-state index contributed by atoms with van der Waals surface area (Å²) in [6.07, 6.45) is 1.09. The van der Waals surface area contributed by atoms with Crippen LogP contribution in [0, 0.1) is 5.41 Å². The van der Waals surface area contributed by atoms with Crippen molar-refractivity contribution in [3.05, 3.63) is 75.2 Å². The molecule has 3 aromatic rings. The number of nitrogens with zero attached hydrogens (tertiary/aromatic N) is 1. The van der Waals surface area contributed by atoms with Crippen molar-refractivity contribution in [2.75, 3.05) is 26.6 Å². The van der Waals surface area contributed by atoms with Crippen molar-refractivity contribution in [2.24, 2.45) is 5.41 Å². The number of hydrogen-bond acceptors (Lipinski definition) is 6. The van der Waals surface area contributed by atoms with Crippen LogP contribution >= 0.6 is 0 Å². The number of ketones is 1. The molecule has 0 fully saturated rings. The van der Waals surface area contributed by atoms with Crippen molar-refractivity contribution < 1.29 is 19.0 Å². The number of methoxy groups -OCH3 is 3. The summed E-state index contributed by atoms with van der Waals surface area (Å²) in [4.78, 5) is 27.4. The molecule has 0 saturated carbocycles. The molecule has 5 rings (SSSR count). The molecule has 1 aromatic heterocycles. The lowest BCUT2D eigenvalue weighted by molar-refractivity contribution is -0.118. The summed E-state index contributed by atoms with van der Waals surface area (Å²) in [6.45, 7) is 4.16. The highest BCUT2D eigenvalue weighted by Gasteiger charge is 2.43. The molecule has 1 aliphatic heterocycles. The van der Waals surface area contributed by atoms with E-state index >= 15 is 0 Å². The second-order valence-corrected chi connectivity index (χ2v) is 9.73. The van der Waals surface area contributed by atoms with Crippen LogP contribution in [0.1, 0.15) is 43.7 Å². The van der Waals surface area contributed by atoms with E-state index in [0.717, 1.165) is 11.3 Å². The third-order valence-corrected chi connectivity index (χ3v) is 6.73. The van der Waals surface area contributed by atoms with Gasteiger partial charge in [0.05, 0.1) is 32.6 Å². The molecule has 0 spiro atoms. The summed E-state index contributed by atoms with van der Waals surface area (Å²) in [7, 11) is 4.64. The summed E-state index contributed by atoms with van der Waals surface area (Å²) in [5.74, 6) is 1.40. The van der Waals surface area contributed by atoms with Gasteiger partial charge in [-0.3, -0.25) is 14.7 Å². The molecular formula is C27H29N3O5. The van der Waals surface area contributed by atoms with Crippen LogP contribution in [-0.2, 0) is 4.79 Å². The van der Waals surface area contributed by atoms with Gasteiger partial charge in [-0.2, -0.15) is 0 Å². The Kier molecular flexibility index (Phi) is 5.46. The number of Topliss-reactive ketones (excluding diaryl/α,β-unsaturated/α-hetero) is 1. The highest BCUT2D eigenvalue weighted by molar-refractivity contribution is 6.01. The van der Waals surface area contributed by atoms with Gasteiger partial charge in [0.1, 0.15) is 5.82 Å². The summed E-state index contributed by atoms with van der Waals surface area (Å²) in [5, 5.41) is 6.62. The number of para-hydroxylation sites is 1. The van der Waals surface area contributed by atoms with Crippen LogP contribution < -0.4 is 25.1 Å². The SMILES string of the molecule is COc1cc(C2C3=C(CC(C)(C)CC3=O)Nc3[nH]n(-c4ccccc4)c(=O)c32)cc(OC)c1OC. The average Bonchev–Trinajstić information content (AvgIpc) is 3.17. The Bertz CT molecular complexity index is 1370. The molecule has 0 radical (unpaired) electrons. The molecule has 0 bridgehead atoms. The van der Waals surface area contributed by atoms with Crippen LogP contribution in [-0.4, -0.2) is 36.9 Å². The van der Waals surface area contributed by atoms with E-state index in [2.05, 4.69) is 24.3 Å². The van der Waals surface area contributed by atoms with E-state index in [-0.39, 0.29) is 16.8 Å². The van der Waals surface area contributed by atoms with Crippen LogP contribution in [0.2, 0.25) is 0 Å². The van der Waals surface area contributed by atoms with Gasteiger partial charge in [-0.25, -0.2) is 4.68 Å². The summed E-state index contributed by atoms with van der Waals surface area (Å²) >= 11 is 0. The predicted octanol–water partition coefficient (Wildman–Crippen LogP) is 4.39. The number of carbonyl (C=O) groups is 1. The van der Waals surface area contributed by atoms with E-state index in [0.29, 0.717) is 52.7 Å². The minimum absolute atomic E-state index is 0.0278. The second kappa shape index (κ2) is 8.37. The Labute approximate surface area is 203 Å². The maximum absolute atomic E-state index is 13.8. The number of benzene rings is 2. The smallest absolute Gasteiger partial charge is 0.277 e. The van der Waals surface area contributed by atoms with Crippen molar-refractivity contribution in [3.63, 3.8) is 0 Å². The van der Waals surface area contributed by atoms with Gasteiger partial charge in [-0.15, -0.1) is 0 Å². The molecule has 2 heterocycles. The molecule has 182 valence electrons. The number of aromatic amines is 1. The van der Waals surface area contributed by atoms with Crippen LogP contribution in [0.3, 0.4) is 0 Å². The topological polar surface area (TPSA) is 94.6 Å². The van der Waals surface area contributed by atoms with Gasteiger partial charge in [-0.05, 0) is 41.7 Å². The van der Waals surface area contributed by atoms with Crippen molar-refractivity contribution in [3.8, 4) is 22.9 Å². The molecular weight excluding hydrogens is 446 g/mol. The quantitative estimate of drug-likeness (QED) is 0.568. The fourth-order valence-corrected chi connectivity index (χ4v) is 5.25. The fourth-order valence-electron chi connectivity index (χ4n) is 5.25. The minimum Gasteiger partial charge on any atom is -0.493 e. The highest BCUT2D eigenvalue weighted by Crippen LogP contribution is 2.50. The van der Waals surface area contributed by atoms with Crippen LogP contribution in [0.25, 0.3) is 5.69 Å². The van der Waals surface area contributed by atoms with Gasteiger partial charge < -0.3 is 19.5 Å². The Morgan fingerprint density at radius 3 is 2.20 bits per heavy atom. The molecule has 1 unspecified atom stereocenters. The van der Waals surface area contributed by atoms with Crippen LogP contribution in [0.15, 0.2) is 58.5 Å². The summed E-state index contributed by atoms with van der Waals surface area (Å²) in [6, 6.07) is 13.0. The summed E-state index contributed by atoms with van der Waals surface area (Å²) in [5.41, 5.74) is 2.95. The molecule has 8 nitrogen and oxygen atoms in total. The molecule has 35 heavy (non-hydrogen) atoms. The normalized spacial score (nSPS) is 18.4. The lowest BCUT2D eigenvalue weighted by atomic mass is 9.69. The first-order chi connectivity index (χ1) is 16.8. The van der Waals surface area contributed by atoms with E-state index in [1.54, 1.807) is 21.3 Å². The standard InChI is InChI=1S/C27H29N3O5/c1-27(2)13-17-22(18(31)14-27)21(15-11-19(33-3)24(35-5)20(12-15)34-4)23-25(28-17)29-30(26(23)32)16-9-7-6-8-10-16/h6-12,21,28-29H,13-14H2,1-5H3. The molecule has 2 N–H and O–H groups in total. The number of nitrogens with one attached hydrogen (secondary N) is 2. The highest BCUT2D eigenvalue weighted by atomic mass is 16.5. The van der Waals surface area contributed by atoms with Gasteiger partial charge in [0.2, 0.25) is 5.75 Å². The molecule has 2 aromatic carbocycles. The van der Waals surface area contributed by atoms with Crippen molar-refractivity contribution in [1.29, 1.82) is 0 Å². The van der Waals surface area contributed by atoms with Crippen LogP contribution in [0.5, 0.6) is 17.2 Å². The van der Waals surface area contributed by atoms with Gasteiger partial charge in [0.25, 0.3) is 5.56 Å². The number of hydrogen-bond donors (Lipinski definition) is 2. The van der Waals surface area contributed by atoms with Crippen molar-refractivity contribution in [1.82, 2.24) is 9.78 Å². The maximum Gasteiger partial charge on any atom is 0.277 e. The number of anilines is 1. The lowest BCUT2D eigenvalue weighted by Gasteiger charge is -2.38. The number of rotatable bonds is 5. The van der Waals surface area contributed by atoms with Gasteiger partial charge in [0, 0.05) is 23.6 Å². The van der Waals surface area contributed by atoms with E-state index in [1.807, 2.05) is 42.5 Å². The Morgan fingerprint density at radius 2 is 1.60 bits per heavy atom. The van der Waals surface area contributed by atoms with E-state index in [1.165, 1.54) is 4.68 Å². The molecule has 1 aliphatic carbocycles. The first-order valence-electron chi connectivity index (χ1n) is 11.5. The first kappa shape index (κ1) is 22.8. The van der Waals surface area contributed by atoms with E-state index < -0.39 is 5.92 Å². The van der Waals surface area contributed by atoms with Crippen molar-refractivity contribution >= 4 is 11.6 Å². The zero-order valence-electron chi connectivity index (χ0n) is 20.5. The minimum atomic E-state index is -0.590. The second-order valence-electron chi connectivity index (χ2n) is 9.73. The number of fused-ring (bicyclic) bond motifs is 1. The fraction of sp³-hybridized carbons (Fsp3) is 0.333. The van der Waals surface area contributed by atoms with E-state index in [4.69, 9.17) is 14.2 Å². The Hall–Kier alpha value is -3.94. The van der Waals surface area contributed by atoms with Crippen molar-refractivity contribution in [2.45, 2.75) is 32.6 Å². The Morgan fingerprint density at radius 1 is 0.943 bits per heavy atom. The number of ether oxygens (including phenoxy) is 3. The van der Waals surface area contributed by atoms with Gasteiger partial charge in [0.15, 0.2) is 17.3 Å². The van der Waals surface area contributed by atoms with Gasteiger partial charge in [-0.1, -0.05) is 32.0 Å². The largest absolute Gasteiger partial charge is 0.493 e. The Balaban J connectivity index is 1.78. The number of carbonyl (C=O) groups excluding carboxylic acids is 1. The number of H-pyrrole nitrogens is 1. The molecule has 2 aliphatic rings. The molecule has 8 heteroatoms. The monoisotopic (exact) mass is 475 g/mol. The third-order valence-electron chi connectivity index (χ3n) is 6.73. The molecule has 0 saturated heterocycles. The molecule has 1 atom stereocenters.